The molecule has 5 nitrogen and oxygen atoms in total. The summed E-state index contributed by atoms with van der Waals surface area (Å²) in [5.74, 6) is 0.567. The molecule has 21 heavy (non-hydrogen) atoms. The zero-order chi connectivity index (χ0) is 14.7. The molecule has 6 heteroatoms. The molecule has 0 spiro atoms. The predicted octanol–water partition coefficient (Wildman–Crippen LogP) is 2.52. The summed E-state index contributed by atoms with van der Waals surface area (Å²) in [6, 6.07) is 9.10. The van der Waals surface area contributed by atoms with E-state index in [1.165, 1.54) is 0 Å². The number of fused-ring (bicyclic) bond motifs is 1. The van der Waals surface area contributed by atoms with E-state index in [-0.39, 0.29) is 6.61 Å². The van der Waals surface area contributed by atoms with E-state index in [4.69, 9.17) is 16.3 Å². The van der Waals surface area contributed by atoms with Gasteiger partial charge in [-0.2, -0.15) is 5.10 Å². The molecule has 1 atom stereocenters. The molecule has 0 aliphatic rings. The molecule has 0 saturated heterocycles. The maximum Gasteiger partial charge on any atom is 0.147 e. The third kappa shape index (κ3) is 3.32. The van der Waals surface area contributed by atoms with Crippen molar-refractivity contribution in [3.63, 3.8) is 0 Å². The van der Waals surface area contributed by atoms with E-state index in [9.17, 15) is 5.11 Å². The number of pyridine rings is 1. The van der Waals surface area contributed by atoms with Gasteiger partial charge in [0.2, 0.25) is 0 Å². The highest BCUT2D eigenvalue weighted by molar-refractivity contribution is 6.31. The Morgan fingerprint density at radius 2 is 2.19 bits per heavy atom. The van der Waals surface area contributed by atoms with Gasteiger partial charge in [-0.1, -0.05) is 17.7 Å². The highest BCUT2D eigenvalue weighted by Gasteiger charge is 2.10. The Balaban J connectivity index is 1.73. The molecule has 2 aromatic heterocycles. The van der Waals surface area contributed by atoms with Gasteiger partial charge < -0.3 is 9.84 Å². The van der Waals surface area contributed by atoms with Crippen LogP contribution in [0, 0.1) is 0 Å². The molecule has 0 fully saturated rings. The number of halogens is 1. The highest BCUT2D eigenvalue weighted by atomic mass is 35.5. The maximum atomic E-state index is 9.98. The molecule has 2 heterocycles. The van der Waals surface area contributed by atoms with Crippen LogP contribution in [0.1, 0.15) is 0 Å². The topological polar surface area (TPSA) is 60.2 Å². The fourth-order valence-corrected chi connectivity index (χ4v) is 2.31. The number of aliphatic hydroxyl groups is 1. The Labute approximate surface area is 126 Å². The lowest BCUT2D eigenvalue weighted by Gasteiger charge is -2.14. The van der Waals surface area contributed by atoms with Gasteiger partial charge in [0.15, 0.2) is 0 Å². The molecule has 0 saturated carbocycles. The normalized spacial score (nSPS) is 12.5. The van der Waals surface area contributed by atoms with Crippen LogP contribution in [0.4, 0.5) is 0 Å². The van der Waals surface area contributed by atoms with Crippen molar-refractivity contribution in [1.29, 1.82) is 0 Å². The van der Waals surface area contributed by atoms with Gasteiger partial charge in [0.05, 0.1) is 6.54 Å². The fraction of sp³-hybridized carbons (Fsp3) is 0.200. The van der Waals surface area contributed by atoms with Crippen LogP contribution in [0.15, 0.2) is 48.9 Å². The standard InChI is InChI=1S/C15H14ClN3O2/c16-12-7-11-3-1-4-17-15(11)14(8-12)21-10-13(20)9-19-6-2-5-18-19/h1-8,13,20H,9-10H2. The molecule has 0 amide bonds. The predicted molar refractivity (Wildman–Crippen MR) is 80.5 cm³/mol. The first-order valence-corrected chi connectivity index (χ1v) is 6.93. The highest BCUT2D eigenvalue weighted by Crippen LogP contribution is 2.28. The molecule has 1 N–H and O–H groups in total. The van der Waals surface area contributed by atoms with Crippen LogP contribution in [0.2, 0.25) is 5.02 Å². The zero-order valence-corrected chi connectivity index (χ0v) is 11.9. The number of ether oxygens (including phenoxy) is 1. The summed E-state index contributed by atoms with van der Waals surface area (Å²) in [6.07, 6.45) is 4.49. The molecule has 0 bridgehead atoms. The van der Waals surface area contributed by atoms with Crippen LogP contribution < -0.4 is 4.74 Å². The van der Waals surface area contributed by atoms with Gasteiger partial charge in [0.1, 0.15) is 24.0 Å². The molecule has 1 aromatic carbocycles. The number of hydrogen-bond acceptors (Lipinski definition) is 4. The largest absolute Gasteiger partial charge is 0.488 e. The van der Waals surface area contributed by atoms with Gasteiger partial charge in [-0.3, -0.25) is 9.67 Å². The zero-order valence-electron chi connectivity index (χ0n) is 11.2. The lowest BCUT2D eigenvalue weighted by molar-refractivity contribution is 0.0900. The summed E-state index contributed by atoms with van der Waals surface area (Å²) in [4.78, 5) is 4.29. The second-order valence-electron chi connectivity index (χ2n) is 4.67. The quantitative estimate of drug-likeness (QED) is 0.787. The molecule has 108 valence electrons. The van der Waals surface area contributed by atoms with Crippen molar-refractivity contribution in [3.05, 3.63) is 53.9 Å². The Bertz CT molecular complexity index is 731. The number of rotatable bonds is 5. The van der Waals surface area contributed by atoms with Crippen molar-refractivity contribution in [2.75, 3.05) is 6.61 Å². The van der Waals surface area contributed by atoms with Crippen molar-refractivity contribution in [1.82, 2.24) is 14.8 Å². The number of benzene rings is 1. The van der Waals surface area contributed by atoms with Crippen LogP contribution in [-0.2, 0) is 6.54 Å². The van der Waals surface area contributed by atoms with Gasteiger partial charge in [-0.05, 0) is 18.2 Å². The van der Waals surface area contributed by atoms with Crippen molar-refractivity contribution in [2.24, 2.45) is 0 Å². The van der Waals surface area contributed by atoms with Gasteiger partial charge in [-0.15, -0.1) is 0 Å². The average Bonchev–Trinajstić information content (AvgIpc) is 2.97. The first-order valence-electron chi connectivity index (χ1n) is 6.55. The van der Waals surface area contributed by atoms with Gasteiger partial charge in [-0.25, -0.2) is 0 Å². The summed E-state index contributed by atoms with van der Waals surface area (Å²) in [5, 5.41) is 15.5. The number of hydrogen-bond donors (Lipinski definition) is 1. The summed E-state index contributed by atoms with van der Waals surface area (Å²) >= 11 is 6.07. The van der Waals surface area contributed by atoms with E-state index in [1.807, 2.05) is 24.3 Å². The van der Waals surface area contributed by atoms with Crippen LogP contribution >= 0.6 is 11.6 Å². The smallest absolute Gasteiger partial charge is 0.147 e. The molecule has 3 rings (SSSR count). The molecule has 0 aliphatic heterocycles. The van der Waals surface area contributed by atoms with Gasteiger partial charge in [0.25, 0.3) is 0 Å². The fourth-order valence-electron chi connectivity index (χ4n) is 2.10. The van der Waals surface area contributed by atoms with E-state index < -0.39 is 6.10 Å². The molecular weight excluding hydrogens is 290 g/mol. The Kier molecular flexibility index (Phi) is 4.03. The minimum atomic E-state index is -0.664. The van der Waals surface area contributed by atoms with Gasteiger partial charge in [0, 0.05) is 35.1 Å². The van der Waals surface area contributed by atoms with Crippen molar-refractivity contribution in [3.8, 4) is 5.75 Å². The van der Waals surface area contributed by atoms with Crippen molar-refractivity contribution in [2.45, 2.75) is 12.6 Å². The number of aromatic nitrogens is 3. The molecular formula is C15H14ClN3O2. The summed E-state index contributed by atoms with van der Waals surface area (Å²) in [6.45, 7) is 0.519. The second-order valence-corrected chi connectivity index (χ2v) is 5.11. The summed E-state index contributed by atoms with van der Waals surface area (Å²) < 4.78 is 7.33. The summed E-state index contributed by atoms with van der Waals surface area (Å²) in [7, 11) is 0. The lowest BCUT2D eigenvalue weighted by atomic mass is 10.2. The van der Waals surface area contributed by atoms with Crippen LogP contribution in [-0.4, -0.2) is 32.6 Å². The lowest BCUT2D eigenvalue weighted by Crippen LogP contribution is -2.23. The van der Waals surface area contributed by atoms with E-state index >= 15 is 0 Å². The second kappa shape index (κ2) is 6.11. The maximum absolute atomic E-state index is 9.98. The van der Waals surface area contributed by atoms with E-state index in [0.717, 1.165) is 10.9 Å². The molecule has 1 unspecified atom stereocenters. The SMILES string of the molecule is OC(COc1cc(Cl)cc2cccnc12)Cn1cccn1. The first kappa shape index (κ1) is 13.9. The van der Waals surface area contributed by atoms with E-state index in [2.05, 4.69) is 10.1 Å². The first-order chi connectivity index (χ1) is 10.2. The molecule has 0 radical (unpaired) electrons. The monoisotopic (exact) mass is 303 g/mol. The van der Waals surface area contributed by atoms with Crippen molar-refractivity contribution < 1.29 is 9.84 Å². The number of nitrogens with zero attached hydrogens (tertiary/aromatic N) is 3. The van der Waals surface area contributed by atoms with E-state index in [1.54, 1.807) is 29.3 Å². The van der Waals surface area contributed by atoms with Crippen LogP contribution in [0.5, 0.6) is 5.75 Å². The minimum absolute atomic E-state index is 0.145. The third-order valence-electron chi connectivity index (χ3n) is 3.02. The minimum Gasteiger partial charge on any atom is -0.488 e. The molecule has 0 aliphatic carbocycles. The van der Waals surface area contributed by atoms with E-state index in [0.29, 0.717) is 17.3 Å². The van der Waals surface area contributed by atoms with Gasteiger partial charge >= 0.3 is 0 Å². The number of aliphatic hydroxyl groups excluding tert-OH is 1. The Morgan fingerprint density at radius 3 is 3.00 bits per heavy atom. The Morgan fingerprint density at radius 1 is 1.29 bits per heavy atom. The molecule has 3 aromatic rings. The van der Waals surface area contributed by atoms with Crippen LogP contribution in [0.25, 0.3) is 10.9 Å². The van der Waals surface area contributed by atoms with Crippen molar-refractivity contribution >= 4 is 22.5 Å². The Hall–Kier alpha value is -2.11. The third-order valence-corrected chi connectivity index (χ3v) is 3.24. The van der Waals surface area contributed by atoms with Crippen LogP contribution in [0.3, 0.4) is 0 Å². The summed E-state index contributed by atoms with van der Waals surface area (Å²) in [5.41, 5.74) is 0.730. The average molecular weight is 304 g/mol.